The van der Waals surface area contributed by atoms with Crippen molar-refractivity contribution >= 4 is 23.9 Å². The predicted octanol–water partition coefficient (Wildman–Crippen LogP) is -0.662. The summed E-state index contributed by atoms with van der Waals surface area (Å²) in [5.41, 5.74) is 0. The molecule has 1 heterocycles. The number of hydrogen-bond donors (Lipinski definition) is 0. The molecule has 0 bridgehead atoms. The van der Waals surface area contributed by atoms with Crippen LogP contribution < -0.4 is 0 Å². The monoisotopic (exact) mass is 274 g/mol. The van der Waals surface area contributed by atoms with E-state index < -0.39 is 42.2 Å². The Morgan fingerprint density at radius 2 is 1.63 bits per heavy atom. The molecule has 3 atom stereocenters. The molecule has 1 saturated heterocycles. The van der Waals surface area contributed by atoms with E-state index in [0.29, 0.717) is 0 Å². The Labute approximate surface area is 108 Å². The van der Waals surface area contributed by atoms with Crippen LogP contribution in [0.15, 0.2) is 0 Å². The number of cyclic esters (lactones) is 1. The highest BCUT2D eigenvalue weighted by molar-refractivity contribution is 5.82. The molecule has 0 aliphatic carbocycles. The Bertz CT molecular complexity index is 401. The minimum Gasteiger partial charge on any atom is -0.462 e. The molecule has 0 N–H and O–H groups in total. The molecule has 0 amide bonds. The van der Waals surface area contributed by atoms with Gasteiger partial charge in [-0.1, -0.05) is 0 Å². The first-order valence-corrected chi connectivity index (χ1v) is 5.49. The van der Waals surface area contributed by atoms with Crippen LogP contribution in [0.1, 0.15) is 20.8 Å². The molecule has 0 aromatic carbocycles. The summed E-state index contributed by atoms with van der Waals surface area (Å²) >= 11 is 0. The van der Waals surface area contributed by atoms with Crippen LogP contribution in [0.5, 0.6) is 0 Å². The van der Waals surface area contributed by atoms with Crippen molar-refractivity contribution in [3.8, 4) is 0 Å². The molecule has 19 heavy (non-hydrogen) atoms. The van der Waals surface area contributed by atoms with E-state index in [9.17, 15) is 19.2 Å². The Morgan fingerprint density at radius 3 is 2.11 bits per heavy atom. The van der Waals surface area contributed by atoms with Gasteiger partial charge in [-0.15, -0.1) is 0 Å². The fraction of sp³-hybridized carbons (Fsp3) is 0.636. The van der Waals surface area contributed by atoms with Crippen molar-refractivity contribution in [2.24, 2.45) is 0 Å². The van der Waals surface area contributed by atoms with Crippen LogP contribution in [0, 0.1) is 0 Å². The quantitative estimate of drug-likeness (QED) is 0.491. The molecular weight excluding hydrogens is 260 g/mol. The second-order valence-corrected chi connectivity index (χ2v) is 3.88. The maximum absolute atomic E-state index is 11.5. The first-order chi connectivity index (χ1) is 8.81. The Balaban J connectivity index is 2.79. The molecule has 106 valence electrons. The zero-order valence-corrected chi connectivity index (χ0v) is 10.7. The molecular formula is C11H14O8. The number of ether oxygens (including phenoxy) is 4. The van der Waals surface area contributed by atoms with E-state index in [1.807, 2.05) is 0 Å². The first-order valence-electron chi connectivity index (χ1n) is 5.49. The maximum Gasteiger partial charge on any atom is 0.352 e. The molecule has 0 aromatic heterocycles. The smallest absolute Gasteiger partial charge is 0.352 e. The van der Waals surface area contributed by atoms with Gasteiger partial charge < -0.3 is 18.9 Å². The van der Waals surface area contributed by atoms with E-state index >= 15 is 0 Å². The molecule has 0 radical (unpaired) electrons. The van der Waals surface area contributed by atoms with Gasteiger partial charge in [-0.3, -0.25) is 14.4 Å². The second-order valence-electron chi connectivity index (χ2n) is 3.88. The van der Waals surface area contributed by atoms with Gasteiger partial charge in [0.1, 0.15) is 6.61 Å². The van der Waals surface area contributed by atoms with Gasteiger partial charge in [-0.05, 0) is 0 Å². The number of carbonyl (C=O) groups excluding carboxylic acids is 4. The van der Waals surface area contributed by atoms with Crippen LogP contribution >= 0.6 is 0 Å². The van der Waals surface area contributed by atoms with Crippen LogP contribution in [0.3, 0.4) is 0 Å². The van der Waals surface area contributed by atoms with Gasteiger partial charge in [0, 0.05) is 20.8 Å². The highest BCUT2D eigenvalue weighted by Crippen LogP contribution is 2.23. The highest BCUT2D eigenvalue weighted by atomic mass is 16.7. The van der Waals surface area contributed by atoms with Crippen molar-refractivity contribution in [1.29, 1.82) is 0 Å². The molecule has 0 aromatic rings. The van der Waals surface area contributed by atoms with Gasteiger partial charge in [0.15, 0.2) is 12.2 Å². The van der Waals surface area contributed by atoms with E-state index in [0.717, 1.165) is 13.8 Å². The standard InChI is InChI=1S/C11H14O8/c1-5(12)16-4-8-9(17-6(2)13)10(11(15)19-8)18-7(3)14/h8-10H,4H2,1-3H3/t8-,9-,10-/m0/s1. The lowest BCUT2D eigenvalue weighted by Gasteiger charge is -2.19. The summed E-state index contributed by atoms with van der Waals surface area (Å²) in [4.78, 5) is 44.1. The summed E-state index contributed by atoms with van der Waals surface area (Å²) in [6, 6.07) is 0. The Morgan fingerprint density at radius 1 is 1.05 bits per heavy atom. The van der Waals surface area contributed by atoms with Crippen LogP contribution in [0.25, 0.3) is 0 Å². The summed E-state index contributed by atoms with van der Waals surface area (Å²) in [7, 11) is 0. The van der Waals surface area contributed by atoms with Gasteiger partial charge in [-0.25, -0.2) is 4.79 Å². The molecule has 1 aliphatic rings. The van der Waals surface area contributed by atoms with Crippen LogP contribution in [-0.2, 0) is 38.1 Å². The average molecular weight is 274 g/mol. The summed E-state index contributed by atoms with van der Waals surface area (Å²) in [6.45, 7) is 3.14. The number of esters is 4. The summed E-state index contributed by atoms with van der Waals surface area (Å²) in [5.74, 6) is -2.81. The topological polar surface area (TPSA) is 105 Å². The molecule has 1 fully saturated rings. The van der Waals surface area contributed by atoms with Gasteiger partial charge in [0.25, 0.3) is 0 Å². The van der Waals surface area contributed by atoms with Crippen molar-refractivity contribution < 1.29 is 38.1 Å². The van der Waals surface area contributed by atoms with Gasteiger partial charge >= 0.3 is 23.9 Å². The maximum atomic E-state index is 11.5. The zero-order chi connectivity index (χ0) is 14.6. The third-order valence-corrected chi connectivity index (χ3v) is 2.21. The van der Waals surface area contributed by atoms with E-state index in [1.54, 1.807) is 0 Å². The molecule has 0 saturated carbocycles. The summed E-state index contributed by atoms with van der Waals surface area (Å²) in [5, 5.41) is 0. The molecule has 0 unspecified atom stereocenters. The van der Waals surface area contributed by atoms with Gasteiger partial charge in [0.05, 0.1) is 0 Å². The second kappa shape index (κ2) is 6.17. The normalized spacial score (nSPS) is 25.4. The van der Waals surface area contributed by atoms with Crippen molar-refractivity contribution in [2.75, 3.05) is 6.61 Å². The lowest BCUT2D eigenvalue weighted by molar-refractivity contribution is -0.166. The third kappa shape index (κ3) is 4.23. The van der Waals surface area contributed by atoms with Crippen molar-refractivity contribution in [1.82, 2.24) is 0 Å². The summed E-state index contributed by atoms with van der Waals surface area (Å²) < 4.78 is 19.2. The van der Waals surface area contributed by atoms with E-state index in [1.165, 1.54) is 6.92 Å². The van der Waals surface area contributed by atoms with Crippen molar-refractivity contribution in [3.05, 3.63) is 0 Å². The zero-order valence-electron chi connectivity index (χ0n) is 10.7. The lowest BCUT2D eigenvalue weighted by Crippen LogP contribution is -2.40. The molecule has 1 aliphatic heterocycles. The molecule has 8 heteroatoms. The van der Waals surface area contributed by atoms with E-state index in [2.05, 4.69) is 0 Å². The molecule has 1 rings (SSSR count). The van der Waals surface area contributed by atoms with E-state index in [-0.39, 0.29) is 6.61 Å². The molecule has 0 spiro atoms. The Hall–Kier alpha value is -2.12. The third-order valence-electron chi connectivity index (χ3n) is 2.21. The number of hydrogen-bond acceptors (Lipinski definition) is 8. The van der Waals surface area contributed by atoms with Crippen molar-refractivity contribution in [3.63, 3.8) is 0 Å². The van der Waals surface area contributed by atoms with Gasteiger partial charge in [-0.2, -0.15) is 0 Å². The van der Waals surface area contributed by atoms with Crippen molar-refractivity contribution in [2.45, 2.75) is 39.1 Å². The minimum absolute atomic E-state index is 0.281. The van der Waals surface area contributed by atoms with Crippen LogP contribution in [-0.4, -0.2) is 48.8 Å². The summed E-state index contributed by atoms with van der Waals surface area (Å²) in [6.07, 6.45) is -3.47. The first kappa shape index (κ1) is 14.9. The fourth-order valence-corrected chi connectivity index (χ4v) is 1.56. The predicted molar refractivity (Wildman–Crippen MR) is 57.6 cm³/mol. The largest absolute Gasteiger partial charge is 0.462 e. The number of carbonyl (C=O) groups is 4. The van der Waals surface area contributed by atoms with Crippen LogP contribution in [0.2, 0.25) is 0 Å². The molecule has 8 nitrogen and oxygen atoms in total. The number of rotatable bonds is 4. The average Bonchev–Trinajstić information content (AvgIpc) is 2.53. The van der Waals surface area contributed by atoms with E-state index in [4.69, 9.17) is 18.9 Å². The van der Waals surface area contributed by atoms with Gasteiger partial charge in [0.2, 0.25) is 6.10 Å². The van der Waals surface area contributed by atoms with Crippen LogP contribution in [0.4, 0.5) is 0 Å². The minimum atomic E-state index is -1.35. The highest BCUT2D eigenvalue weighted by Gasteiger charge is 2.50. The fourth-order valence-electron chi connectivity index (χ4n) is 1.56. The lowest BCUT2D eigenvalue weighted by atomic mass is 10.1. The SMILES string of the molecule is CC(=O)OC[C@@H]1OC(=O)[C@@H](OC(C)=O)[C@H]1OC(C)=O. The Kier molecular flexibility index (Phi) is 4.85.